The van der Waals surface area contributed by atoms with Crippen LogP contribution in [0.3, 0.4) is 0 Å². The number of amides is 2. The minimum absolute atomic E-state index is 0.00966. The van der Waals surface area contributed by atoms with E-state index in [1.54, 1.807) is 0 Å². The van der Waals surface area contributed by atoms with Gasteiger partial charge in [-0.1, -0.05) is 13.0 Å². The Morgan fingerprint density at radius 3 is 2.03 bits per heavy atom. The molecular formula is C25H35F2N3O8S. The summed E-state index contributed by atoms with van der Waals surface area (Å²) in [6, 6.07) is 2.57. The highest BCUT2D eigenvalue weighted by Crippen LogP contribution is 2.34. The lowest BCUT2D eigenvalue weighted by Gasteiger charge is -2.36. The predicted molar refractivity (Wildman–Crippen MR) is 141 cm³/mol. The summed E-state index contributed by atoms with van der Waals surface area (Å²) in [6.45, 7) is 11.7. The Bertz CT molecular complexity index is 1210. The Labute approximate surface area is 226 Å². The van der Waals surface area contributed by atoms with Gasteiger partial charge in [-0.3, -0.25) is 15.5 Å². The number of benzene rings is 1. The van der Waals surface area contributed by atoms with E-state index in [4.69, 9.17) is 14.9 Å². The van der Waals surface area contributed by atoms with Crippen molar-refractivity contribution in [3.05, 3.63) is 52.3 Å². The number of nitro groups is 1. The van der Waals surface area contributed by atoms with Crippen LogP contribution in [0.5, 0.6) is 0 Å². The van der Waals surface area contributed by atoms with Crippen molar-refractivity contribution in [2.45, 2.75) is 76.8 Å². The first-order chi connectivity index (χ1) is 17.6. The quantitative estimate of drug-likeness (QED) is 0.129. The zero-order valence-electron chi connectivity index (χ0n) is 23.0. The molecule has 0 radical (unpaired) electrons. The van der Waals surface area contributed by atoms with Gasteiger partial charge in [-0.2, -0.15) is 4.90 Å². The lowest BCUT2D eigenvalue weighted by atomic mass is 10.0. The Morgan fingerprint density at radius 2 is 1.64 bits per heavy atom. The minimum Gasteiger partial charge on any atom is -0.443 e. The van der Waals surface area contributed by atoms with Gasteiger partial charge in [0.1, 0.15) is 29.5 Å². The molecular weight excluding hydrogens is 540 g/mol. The molecule has 0 aliphatic heterocycles. The summed E-state index contributed by atoms with van der Waals surface area (Å²) in [5, 5.41) is 19.8. The molecule has 1 rings (SSSR count). The number of amidine groups is 1. The smallest absolute Gasteiger partial charge is 0.425 e. The van der Waals surface area contributed by atoms with Crippen LogP contribution in [0.15, 0.2) is 30.9 Å². The molecule has 0 bridgehead atoms. The number of hydrogen-bond donors (Lipinski definition) is 1. The lowest BCUT2D eigenvalue weighted by molar-refractivity contribution is -0.385. The standard InChI is InChI=1S/C25H35F2N3O8S/c1-9-12-25(15-26,20(28)29(21(31)37-23(3,4)5)22(32)38-24(6,7)8)39(35,36)14-16(2)18-13-17(30(33)34)10-11-19(18)27/h9-11,13,16,28H,1,12,14-15H2,2-8H3/t16-,25?/m1/s1. The molecule has 1 aromatic rings. The van der Waals surface area contributed by atoms with Gasteiger partial charge >= 0.3 is 12.2 Å². The molecule has 39 heavy (non-hydrogen) atoms. The number of allylic oxidation sites excluding steroid dienone is 1. The normalized spacial score (nSPS) is 14.5. The number of rotatable bonds is 9. The van der Waals surface area contributed by atoms with Gasteiger partial charge in [-0.25, -0.2) is 26.8 Å². The molecule has 0 heterocycles. The highest BCUT2D eigenvalue weighted by molar-refractivity contribution is 7.93. The number of non-ortho nitro benzene ring substituents is 1. The van der Waals surface area contributed by atoms with E-state index in [0.717, 1.165) is 24.3 Å². The van der Waals surface area contributed by atoms with Crippen molar-refractivity contribution in [2.24, 2.45) is 0 Å². The van der Waals surface area contributed by atoms with Crippen LogP contribution in [0, 0.1) is 21.3 Å². The van der Waals surface area contributed by atoms with Gasteiger partial charge in [-0.05, 0) is 65.5 Å². The Morgan fingerprint density at radius 1 is 1.15 bits per heavy atom. The third-order valence-electron chi connectivity index (χ3n) is 5.28. The molecule has 11 nitrogen and oxygen atoms in total. The van der Waals surface area contributed by atoms with Crippen LogP contribution in [0.25, 0.3) is 0 Å². The molecule has 2 atom stereocenters. The molecule has 0 aliphatic rings. The van der Waals surface area contributed by atoms with E-state index >= 15 is 0 Å². The Hall–Kier alpha value is -3.42. The third-order valence-corrected chi connectivity index (χ3v) is 7.88. The maximum absolute atomic E-state index is 14.8. The van der Waals surface area contributed by atoms with Gasteiger partial charge in [0.05, 0.1) is 10.7 Å². The number of carbonyl (C=O) groups is 2. The highest BCUT2D eigenvalue weighted by Gasteiger charge is 2.53. The van der Waals surface area contributed by atoms with Crippen LogP contribution in [0.1, 0.15) is 66.4 Å². The fourth-order valence-electron chi connectivity index (χ4n) is 3.48. The van der Waals surface area contributed by atoms with Gasteiger partial charge in [0.15, 0.2) is 14.6 Å². The van der Waals surface area contributed by atoms with E-state index < -0.39 is 85.0 Å². The number of nitrogens with one attached hydrogen (secondary N) is 1. The van der Waals surface area contributed by atoms with Crippen molar-refractivity contribution >= 4 is 33.5 Å². The van der Waals surface area contributed by atoms with E-state index in [1.165, 1.54) is 48.5 Å². The summed E-state index contributed by atoms with van der Waals surface area (Å²) in [4.78, 5) is 36.4. The largest absolute Gasteiger partial charge is 0.443 e. The van der Waals surface area contributed by atoms with Crippen LogP contribution >= 0.6 is 0 Å². The number of hydrogen-bond acceptors (Lipinski definition) is 9. The highest BCUT2D eigenvalue weighted by atomic mass is 32.2. The Kier molecular flexibility index (Phi) is 10.5. The van der Waals surface area contributed by atoms with Gasteiger partial charge < -0.3 is 9.47 Å². The molecule has 218 valence electrons. The number of nitro benzene ring substituents is 1. The average Bonchev–Trinajstić information content (AvgIpc) is 2.74. The number of carbonyl (C=O) groups excluding carboxylic acids is 2. The summed E-state index contributed by atoms with van der Waals surface area (Å²) in [6.07, 6.45) is -2.71. The summed E-state index contributed by atoms with van der Waals surface area (Å²) >= 11 is 0. The van der Waals surface area contributed by atoms with Crippen LogP contribution in [-0.2, 0) is 19.3 Å². The van der Waals surface area contributed by atoms with Crippen molar-refractivity contribution < 1.29 is 41.2 Å². The van der Waals surface area contributed by atoms with Gasteiger partial charge in [0, 0.05) is 12.1 Å². The number of sulfone groups is 1. The first-order valence-electron chi connectivity index (χ1n) is 11.8. The number of nitrogens with zero attached hydrogens (tertiary/aromatic N) is 2. The average molecular weight is 576 g/mol. The van der Waals surface area contributed by atoms with Gasteiger partial charge in [0.2, 0.25) is 0 Å². The van der Waals surface area contributed by atoms with Crippen molar-refractivity contribution in [2.75, 3.05) is 12.4 Å². The van der Waals surface area contributed by atoms with Crippen molar-refractivity contribution in [1.29, 1.82) is 5.41 Å². The molecule has 1 N–H and O–H groups in total. The maximum atomic E-state index is 14.8. The van der Waals surface area contributed by atoms with Crippen LogP contribution in [-0.4, -0.2) is 64.6 Å². The minimum atomic E-state index is -4.86. The molecule has 0 saturated carbocycles. The fourth-order valence-corrected chi connectivity index (χ4v) is 5.56. The number of alkyl halides is 1. The van der Waals surface area contributed by atoms with E-state index in [9.17, 15) is 36.9 Å². The number of ether oxygens (including phenoxy) is 2. The molecule has 0 fully saturated rings. The molecule has 0 aromatic heterocycles. The first-order valence-corrected chi connectivity index (χ1v) is 13.5. The summed E-state index contributed by atoms with van der Waals surface area (Å²) in [7, 11) is -4.86. The van der Waals surface area contributed by atoms with Gasteiger partial charge in [0.25, 0.3) is 5.69 Å². The molecule has 14 heteroatoms. The molecule has 1 unspecified atom stereocenters. The second kappa shape index (κ2) is 12.2. The molecule has 1 aromatic carbocycles. The van der Waals surface area contributed by atoms with Crippen LogP contribution < -0.4 is 0 Å². The summed E-state index contributed by atoms with van der Waals surface area (Å²) in [5.41, 5.74) is -3.21. The third kappa shape index (κ3) is 8.28. The van der Waals surface area contributed by atoms with Gasteiger partial charge in [-0.15, -0.1) is 6.58 Å². The van der Waals surface area contributed by atoms with Crippen LogP contribution in [0.2, 0.25) is 0 Å². The molecule has 0 aliphatic carbocycles. The van der Waals surface area contributed by atoms with E-state index in [2.05, 4.69) is 6.58 Å². The van der Waals surface area contributed by atoms with Crippen molar-refractivity contribution in [1.82, 2.24) is 4.90 Å². The fraction of sp³-hybridized carbons (Fsp3) is 0.560. The second-order valence-electron chi connectivity index (χ2n) is 10.9. The zero-order chi connectivity index (χ0) is 30.6. The Balaban J connectivity index is 3.70. The summed E-state index contributed by atoms with van der Waals surface area (Å²) in [5.74, 6) is -4.48. The lowest BCUT2D eigenvalue weighted by Crippen LogP contribution is -2.60. The predicted octanol–water partition coefficient (Wildman–Crippen LogP) is 5.69. The molecule has 0 spiro atoms. The summed E-state index contributed by atoms with van der Waals surface area (Å²) < 4.78 is 64.3. The van der Waals surface area contributed by atoms with Crippen molar-refractivity contribution in [3.63, 3.8) is 0 Å². The topological polar surface area (TPSA) is 157 Å². The second-order valence-corrected chi connectivity index (χ2v) is 13.3. The number of halogens is 2. The van der Waals surface area contributed by atoms with Crippen molar-refractivity contribution in [3.8, 4) is 0 Å². The monoisotopic (exact) mass is 575 g/mol. The number of imide groups is 1. The maximum Gasteiger partial charge on any atom is 0.425 e. The SMILES string of the molecule is C=CCC(CF)(C(=N)N(C(=O)OC(C)(C)C)C(=O)OC(C)(C)C)S(=O)(=O)C[C@@H](C)c1cc([N+](=O)[O-])ccc1F. The molecule has 0 saturated heterocycles. The van der Waals surface area contributed by atoms with E-state index in [-0.39, 0.29) is 10.5 Å². The van der Waals surface area contributed by atoms with E-state index in [0.29, 0.717) is 0 Å². The molecule has 2 amide bonds. The van der Waals surface area contributed by atoms with Crippen LogP contribution in [0.4, 0.5) is 24.1 Å². The first kappa shape index (κ1) is 33.6. The zero-order valence-corrected chi connectivity index (χ0v) is 23.9. The van der Waals surface area contributed by atoms with E-state index in [1.807, 2.05) is 0 Å².